The van der Waals surface area contributed by atoms with Crippen LogP contribution in [0.4, 0.5) is 0 Å². The van der Waals surface area contributed by atoms with Crippen molar-refractivity contribution in [2.45, 2.75) is 63.5 Å². The lowest BCUT2D eigenvalue weighted by Crippen LogP contribution is -2.40. The van der Waals surface area contributed by atoms with Crippen molar-refractivity contribution in [3.63, 3.8) is 0 Å². The molecule has 1 aliphatic carbocycles. The van der Waals surface area contributed by atoms with Gasteiger partial charge in [0.25, 0.3) is 0 Å². The summed E-state index contributed by atoms with van der Waals surface area (Å²) in [6.45, 7) is 0.454. The van der Waals surface area contributed by atoms with E-state index in [4.69, 9.17) is 21.9 Å². The average Bonchev–Trinajstić information content (AvgIpc) is 2.45. The standard InChI is InChI=1S/C14H27N3O3/c15-8-4-7-11(16)13(18)20-14(19)12(17)9-10-5-2-1-3-6-10/h10-12H,1-9,15-17H2/t11-,12+/m1/s1. The molecule has 1 aliphatic rings. The maximum absolute atomic E-state index is 11.8. The van der Waals surface area contributed by atoms with Crippen LogP contribution in [0.15, 0.2) is 0 Å². The van der Waals surface area contributed by atoms with E-state index in [9.17, 15) is 9.59 Å². The van der Waals surface area contributed by atoms with Gasteiger partial charge in [0.15, 0.2) is 0 Å². The van der Waals surface area contributed by atoms with Crippen molar-refractivity contribution in [2.75, 3.05) is 6.54 Å². The molecule has 0 bridgehead atoms. The molecule has 0 heterocycles. The molecule has 0 unspecified atom stereocenters. The molecule has 0 aliphatic heterocycles. The number of ether oxygens (including phenoxy) is 1. The zero-order chi connectivity index (χ0) is 15.0. The summed E-state index contributed by atoms with van der Waals surface area (Å²) >= 11 is 0. The van der Waals surface area contributed by atoms with E-state index in [0.717, 1.165) is 12.8 Å². The normalized spacial score (nSPS) is 19.4. The van der Waals surface area contributed by atoms with Crippen LogP contribution in [0.1, 0.15) is 51.4 Å². The first-order valence-electron chi connectivity index (χ1n) is 7.51. The molecule has 0 spiro atoms. The van der Waals surface area contributed by atoms with Gasteiger partial charge < -0.3 is 21.9 Å². The Balaban J connectivity index is 2.30. The highest BCUT2D eigenvalue weighted by Gasteiger charge is 2.25. The highest BCUT2D eigenvalue weighted by molar-refractivity contribution is 5.90. The summed E-state index contributed by atoms with van der Waals surface area (Å²) in [5.74, 6) is -0.904. The summed E-state index contributed by atoms with van der Waals surface area (Å²) in [6.07, 6.45) is 7.47. The van der Waals surface area contributed by atoms with E-state index >= 15 is 0 Å². The largest absolute Gasteiger partial charge is 0.391 e. The summed E-state index contributed by atoms with van der Waals surface area (Å²) in [7, 11) is 0. The number of hydrogen-bond acceptors (Lipinski definition) is 6. The third-order valence-electron chi connectivity index (χ3n) is 3.84. The van der Waals surface area contributed by atoms with Crippen molar-refractivity contribution in [2.24, 2.45) is 23.1 Å². The Hall–Kier alpha value is -0.980. The van der Waals surface area contributed by atoms with Crippen LogP contribution in [-0.4, -0.2) is 30.6 Å². The Morgan fingerprint density at radius 3 is 2.25 bits per heavy atom. The molecule has 1 saturated carbocycles. The summed E-state index contributed by atoms with van der Waals surface area (Å²) in [5, 5.41) is 0. The maximum atomic E-state index is 11.8. The third-order valence-corrected chi connectivity index (χ3v) is 3.84. The Kier molecular flexibility index (Phi) is 7.72. The molecule has 0 saturated heterocycles. The van der Waals surface area contributed by atoms with Crippen molar-refractivity contribution in [1.82, 2.24) is 0 Å². The van der Waals surface area contributed by atoms with Gasteiger partial charge in [0, 0.05) is 0 Å². The van der Waals surface area contributed by atoms with E-state index in [2.05, 4.69) is 0 Å². The van der Waals surface area contributed by atoms with Gasteiger partial charge in [-0.15, -0.1) is 0 Å². The van der Waals surface area contributed by atoms with Gasteiger partial charge in [-0.05, 0) is 31.7 Å². The number of hydrogen-bond donors (Lipinski definition) is 3. The summed E-state index contributed by atoms with van der Waals surface area (Å²) in [5.41, 5.74) is 16.8. The minimum Gasteiger partial charge on any atom is -0.391 e. The molecule has 2 atom stereocenters. The minimum atomic E-state index is -0.801. The molecule has 0 aromatic heterocycles. The predicted molar refractivity (Wildman–Crippen MR) is 76.5 cm³/mol. The zero-order valence-corrected chi connectivity index (χ0v) is 12.1. The van der Waals surface area contributed by atoms with E-state index < -0.39 is 24.0 Å². The highest BCUT2D eigenvalue weighted by Crippen LogP contribution is 2.27. The predicted octanol–water partition coefficient (Wildman–Crippen LogP) is 0.420. The average molecular weight is 285 g/mol. The van der Waals surface area contributed by atoms with E-state index in [-0.39, 0.29) is 0 Å². The maximum Gasteiger partial charge on any atom is 0.330 e. The molecule has 20 heavy (non-hydrogen) atoms. The molecule has 116 valence electrons. The third kappa shape index (κ3) is 5.98. The van der Waals surface area contributed by atoms with Gasteiger partial charge in [-0.1, -0.05) is 32.1 Å². The number of carbonyl (C=O) groups excluding carboxylic acids is 2. The minimum absolute atomic E-state index is 0.417. The Bertz CT molecular complexity index is 317. The molecule has 6 N–H and O–H groups in total. The molecule has 0 aromatic rings. The van der Waals surface area contributed by atoms with Crippen LogP contribution in [0.5, 0.6) is 0 Å². The highest BCUT2D eigenvalue weighted by atomic mass is 16.6. The molecular weight excluding hydrogens is 258 g/mol. The van der Waals surface area contributed by atoms with Crippen molar-refractivity contribution in [1.29, 1.82) is 0 Å². The fourth-order valence-electron chi connectivity index (χ4n) is 2.58. The number of nitrogens with two attached hydrogens (primary N) is 3. The Morgan fingerprint density at radius 2 is 1.65 bits per heavy atom. The summed E-state index contributed by atoms with van der Waals surface area (Å²) in [4.78, 5) is 23.3. The van der Waals surface area contributed by atoms with Crippen LogP contribution in [0.3, 0.4) is 0 Å². The first-order chi connectivity index (χ1) is 9.54. The van der Waals surface area contributed by atoms with Crippen LogP contribution in [-0.2, 0) is 14.3 Å². The van der Waals surface area contributed by atoms with Gasteiger partial charge >= 0.3 is 11.9 Å². The summed E-state index contributed by atoms with van der Waals surface area (Å²) < 4.78 is 4.74. The second-order valence-corrected chi connectivity index (χ2v) is 5.62. The number of carbonyl (C=O) groups is 2. The Morgan fingerprint density at radius 1 is 1.05 bits per heavy atom. The lowest BCUT2D eigenvalue weighted by molar-refractivity contribution is -0.162. The number of esters is 2. The summed E-state index contributed by atoms with van der Waals surface area (Å²) in [6, 6.07) is -1.53. The van der Waals surface area contributed by atoms with E-state index in [0.29, 0.717) is 31.7 Å². The van der Waals surface area contributed by atoms with Crippen molar-refractivity contribution in [3.05, 3.63) is 0 Å². The first-order valence-corrected chi connectivity index (χ1v) is 7.51. The van der Waals surface area contributed by atoms with E-state index in [1.54, 1.807) is 0 Å². The lowest BCUT2D eigenvalue weighted by atomic mass is 9.85. The van der Waals surface area contributed by atoms with Crippen LogP contribution < -0.4 is 17.2 Å². The van der Waals surface area contributed by atoms with Crippen molar-refractivity contribution >= 4 is 11.9 Å². The molecule has 1 fully saturated rings. The second kappa shape index (κ2) is 9.05. The van der Waals surface area contributed by atoms with Gasteiger partial charge in [0.05, 0.1) is 0 Å². The molecule has 6 heteroatoms. The lowest BCUT2D eigenvalue weighted by Gasteiger charge is -2.23. The van der Waals surface area contributed by atoms with Crippen LogP contribution in [0.25, 0.3) is 0 Å². The monoisotopic (exact) mass is 285 g/mol. The molecule has 6 nitrogen and oxygen atoms in total. The van der Waals surface area contributed by atoms with Crippen molar-refractivity contribution < 1.29 is 14.3 Å². The van der Waals surface area contributed by atoms with Gasteiger partial charge in [0.2, 0.25) is 0 Å². The van der Waals surface area contributed by atoms with E-state index in [1.807, 2.05) is 0 Å². The van der Waals surface area contributed by atoms with E-state index in [1.165, 1.54) is 19.3 Å². The van der Waals surface area contributed by atoms with Crippen molar-refractivity contribution in [3.8, 4) is 0 Å². The SMILES string of the molecule is NCCC[C@@H](N)C(=O)OC(=O)[C@@H](N)CC1CCCCC1. The van der Waals surface area contributed by atoms with Crippen LogP contribution in [0, 0.1) is 5.92 Å². The molecule has 0 aromatic carbocycles. The zero-order valence-electron chi connectivity index (χ0n) is 12.1. The van der Waals surface area contributed by atoms with Gasteiger partial charge in [0.1, 0.15) is 12.1 Å². The van der Waals surface area contributed by atoms with Crippen LogP contribution >= 0.6 is 0 Å². The smallest absolute Gasteiger partial charge is 0.330 e. The van der Waals surface area contributed by atoms with Gasteiger partial charge in [-0.25, -0.2) is 9.59 Å². The second-order valence-electron chi connectivity index (χ2n) is 5.62. The van der Waals surface area contributed by atoms with Gasteiger partial charge in [-0.3, -0.25) is 0 Å². The topological polar surface area (TPSA) is 121 Å². The first kappa shape index (κ1) is 17.1. The molecular formula is C14H27N3O3. The Labute approximate surface area is 120 Å². The molecule has 1 rings (SSSR count). The van der Waals surface area contributed by atoms with Gasteiger partial charge in [-0.2, -0.15) is 0 Å². The quantitative estimate of drug-likeness (QED) is 0.460. The fraction of sp³-hybridized carbons (Fsp3) is 0.857. The fourth-order valence-corrected chi connectivity index (χ4v) is 2.58. The molecule has 0 amide bonds. The number of rotatable bonds is 7. The van der Waals surface area contributed by atoms with Crippen LogP contribution in [0.2, 0.25) is 0 Å². The molecule has 0 radical (unpaired) electrons.